The summed E-state index contributed by atoms with van der Waals surface area (Å²) in [7, 11) is 0. The molecule has 5 heteroatoms. The maximum absolute atomic E-state index is 12.9. The Labute approximate surface area is 141 Å². The van der Waals surface area contributed by atoms with Crippen molar-refractivity contribution in [3.8, 4) is 5.75 Å². The molecule has 0 aliphatic heterocycles. The first-order valence-electron chi connectivity index (χ1n) is 8.08. The maximum atomic E-state index is 12.9. The molecular formula is C19H21N3O2. The lowest BCUT2D eigenvalue weighted by molar-refractivity contribution is 0.102. The van der Waals surface area contributed by atoms with E-state index in [1.54, 1.807) is 22.6 Å². The number of aryl methyl sites for hydroxylation is 3. The first-order valence-corrected chi connectivity index (χ1v) is 8.08. The van der Waals surface area contributed by atoms with Crippen LogP contribution in [-0.2, 0) is 6.42 Å². The molecule has 0 aliphatic carbocycles. The number of pyridine rings is 1. The van der Waals surface area contributed by atoms with E-state index in [2.05, 4.69) is 17.2 Å². The lowest BCUT2D eigenvalue weighted by Crippen LogP contribution is -2.16. The van der Waals surface area contributed by atoms with Gasteiger partial charge in [0.05, 0.1) is 11.4 Å². The van der Waals surface area contributed by atoms with Crippen molar-refractivity contribution < 1.29 is 9.90 Å². The third-order valence-corrected chi connectivity index (χ3v) is 3.96. The van der Waals surface area contributed by atoms with E-state index in [1.807, 2.05) is 32.2 Å². The molecule has 2 heterocycles. The topological polar surface area (TPSA) is 66.6 Å². The van der Waals surface area contributed by atoms with E-state index >= 15 is 0 Å². The van der Waals surface area contributed by atoms with Crippen molar-refractivity contribution >= 4 is 17.2 Å². The highest BCUT2D eigenvalue weighted by atomic mass is 16.3. The minimum atomic E-state index is -0.268. The lowest BCUT2D eigenvalue weighted by atomic mass is 10.1. The van der Waals surface area contributed by atoms with Crippen LogP contribution in [0, 0.1) is 13.8 Å². The number of fused-ring (bicyclic) bond motifs is 1. The van der Waals surface area contributed by atoms with Gasteiger partial charge in [-0.1, -0.05) is 19.4 Å². The number of phenolic OH excluding ortho intramolecular Hbond substituents is 1. The first kappa shape index (κ1) is 16.1. The number of aromatic nitrogens is 2. The van der Waals surface area contributed by atoms with Gasteiger partial charge < -0.3 is 10.4 Å². The second-order valence-electron chi connectivity index (χ2n) is 6.06. The molecule has 0 saturated heterocycles. The van der Waals surface area contributed by atoms with Gasteiger partial charge >= 0.3 is 0 Å². The smallest absolute Gasteiger partial charge is 0.274 e. The van der Waals surface area contributed by atoms with E-state index in [0.29, 0.717) is 11.4 Å². The number of carbonyl (C=O) groups is 1. The highest BCUT2D eigenvalue weighted by Gasteiger charge is 2.20. The molecule has 1 aromatic carbocycles. The lowest BCUT2D eigenvalue weighted by Gasteiger charge is -2.09. The maximum Gasteiger partial charge on any atom is 0.274 e. The Kier molecular flexibility index (Phi) is 4.25. The molecule has 124 valence electrons. The molecule has 0 atom stereocenters. The number of aromatic hydroxyl groups is 1. The van der Waals surface area contributed by atoms with E-state index in [9.17, 15) is 9.90 Å². The van der Waals surface area contributed by atoms with E-state index in [0.717, 1.165) is 35.3 Å². The first-order chi connectivity index (χ1) is 11.5. The van der Waals surface area contributed by atoms with Crippen molar-refractivity contribution in [2.24, 2.45) is 0 Å². The monoisotopic (exact) mass is 323 g/mol. The van der Waals surface area contributed by atoms with Crippen LogP contribution in [0.15, 0.2) is 36.5 Å². The highest BCUT2D eigenvalue weighted by molar-refractivity contribution is 6.05. The Morgan fingerprint density at radius 3 is 2.71 bits per heavy atom. The summed E-state index contributed by atoms with van der Waals surface area (Å²) in [5.41, 5.74) is 4.52. The highest BCUT2D eigenvalue weighted by Crippen LogP contribution is 2.25. The average molecular weight is 323 g/mol. The van der Waals surface area contributed by atoms with Gasteiger partial charge in [-0.3, -0.25) is 9.20 Å². The van der Waals surface area contributed by atoms with Crippen LogP contribution >= 0.6 is 0 Å². The van der Waals surface area contributed by atoms with Gasteiger partial charge in [-0.25, -0.2) is 4.98 Å². The quantitative estimate of drug-likeness (QED) is 0.716. The fourth-order valence-electron chi connectivity index (χ4n) is 2.78. The summed E-state index contributed by atoms with van der Waals surface area (Å²) in [6.07, 6.45) is 3.49. The predicted octanol–water partition coefficient (Wildman–Crippen LogP) is 3.86. The predicted molar refractivity (Wildman–Crippen MR) is 94.7 cm³/mol. The second kappa shape index (κ2) is 6.35. The number of hydrogen-bond acceptors (Lipinski definition) is 3. The number of hydrogen-bond donors (Lipinski definition) is 2. The van der Waals surface area contributed by atoms with Gasteiger partial charge in [0.15, 0.2) is 0 Å². The minimum Gasteiger partial charge on any atom is -0.506 e. The Morgan fingerprint density at radius 2 is 1.96 bits per heavy atom. The van der Waals surface area contributed by atoms with Crippen LogP contribution in [0.25, 0.3) is 5.65 Å². The zero-order chi connectivity index (χ0) is 17.3. The van der Waals surface area contributed by atoms with Crippen molar-refractivity contribution in [2.45, 2.75) is 33.6 Å². The van der Waals surface area contributed by atoms with Crippen molar-refractivity contribution in [1.82, 2.24) is 9.38 Å². The second-order valence-corrected chi connectivity index (χ2v) is 6.06. The number of imidazole rings is 1. The molecule has 2 N–H and O–H groups in total. The Hall–Kier alpha value is -2.82. The molecule has 0 aliphatic rings. The molecule has 3 rings (SSSR count). The molecule has 0 fully saturated rings. The summed E-state index contributed by atoms with van der Waals surface area (Å²) in [5.74, 6) is -0.216. The van der Waals surface area contributed by atoms with Crippen molar-refractivity contribution in [2.75, 3.05) is 5.32 Å². The summed E-state index contributed by atoms with van der Waals surface area (Å²) < 4.78 is 1.81. The van der Waals surface area contributed by atoms with Gasteiger partial charge in [0.1, 0.15) is 17.1 Å². The van der Waals surface area contributed by atoms with Crippen molar-refractivity contribution in [3.63, 3.8) is 0 Å². The van der Waals surface area contributed by atoms with Gasteiger partial charge in [0, 0.05) is 6.20 Å². The largest absolute Gasteiger partial charge is 0.506 e. The van der Waals surface area contributed by atoms with Crippen LogP contribution in [0.2, 0.25) is 0 Å². The number of benzene rings is 1. The summed E-state index contributed by atoms with van der Waals surface area (Å²) >= 11 is 0. The Balaban J connectivity index is 2.05. The van der Waals surface area contributed by atoms with Crippen LogP contribution < -0.4 is 5.32 Å². The molecule has 0 bridgehead atoms. The SMILES string of the molecule is CCCc1nc2cc(C)ccn2c1C(=O)Nc1cc(C)ccc1O. The van der Waals surface area contributed by atoms with Crippen LogP contribution in [0.1, 0.15) is 40.7 Å². The fraction of sp³-hybridized carbons (Fsp3) is 0.263. The van der Waals surface area contributed by atoms with Gasteiger partial charge in [-0.05, 0) is 55.7 Å². The van der Waals surface area contributed by atoms with Crippen LogP contribution in [0.5, 0.6) is 5.75 Å². The number of anilines is 1. The van der Waals surface area contributed by atoms with Crippen LogP contribution in [0.3, 0.4) is 0 Å². The average Bonchev–Trinajstić information content (AvgIpc) is 2.88. The zero-order valence-electron chi connectivity index (χ0n) is 14.1. The van der Waals surface area contributed by atoms with E-state index < -0.39 is 0 Å². The molecule has 24 heavy (non-hydrogen) atoms. The van der Waals surface area contributed by atoms with Crippen molar-refractivity contribution in [3.05, 3.63) is 59.0 Å². The van der Waals surface area contributed by atoms with E-state index in [-0.39, 0.29) is 11.7 Å². The minimum absolute atomic E-state index is 0.0515. The summed E-state index contributed by atoms with van der Waals surface area (Å²) in [5, 5.41) is 12.8. The molecular weight excluding hydrogens is 302 g/mol. The normalized spacial score (nSPS) is 11.0. The molecule has 3 aromatic rings. The number of nitrogens with one attached hydrogen (secondary N) is 1. The molecule has 0 unspecified atom stereocenters. The number of amides is 1. The molecule has 2 aromatic heterocycles. The van der Waals surface area contributed by atoms with Gasteiger partial charge in [0.25, 0.3) is 5.91 Å². The fourth-order valence-corrected chi connectivity index (χ4v) is 2.78. The summed E-state index contributed by atoms with van der Waals surface area (Å²) in [6.45, 7) is 5.97. The summed E-state index contributed by atoms with van der Waals surface area (Å²) in [4.78, 5) is 17.5. The third kappa shape index (κ3) is 2.97. The molecule has 0 saturated carbocycles. The van der Waals surface area contributed by atoms with Crippen LogP contribution in [0.4, 0.5) is 5.69 Å². The van der Waals surface area contributed by atoms with E-state index in [4.69, 9.17) is 0 Å². The van der Waals surface area contributed by atoms with Gasteiger partial charge in [-0.2, -0.15) is 0 Å². The Morgan fingerprint density at radius 1 is 1.21 bits per heavy atom. The number of rotatable bonds is 4. The number of carbonyl (C=O) groups excluding carboxylic acids is 1. The number of nitrogens with zero attached hydrogens (tertiary/aromatic N) is 2. The number of phenols is 1. The standard InChI is InChI=1S/C19H21N3O2/c1-4-5-14-18(22-9-8-13(3)11-17(22)20-14)19(24)21-15-10-12(2)6-7-16(15)23/h6-11,23H,4-5H2,1-3H3,(H,21,24). The third-order valence-electron chi connectivity index (χ3n) is 3.96. The van der Waals surface area contributed by atoms with Gasteiger partial charge in [-0.15, -0.1) is 0 Å². The molecule has 5 nitrogen and oxygen atoms in total. The van der Waals surface area contributed by atoms with Gasteiger partial charge in [0.2, 0.25) is 0 Å². The molecule has 1 amide bonds. The van der Waals surface area contributed by atoms with Crippen LogP contribution in [-0.4, -0.2) is 20.4 Å². The Bertz CT molecular complexity index is 912. The van der Waals surface area contributed by atoms with Crippen molar-refractivity contribution in [1.29, 1.82) is 0 Å². The molecule has 0 spiro atoms. The summed E-state index contributed by atoms with van der Waals surface area (Å²) in [6, 6.07) is 9.03. The molecule has 0 radical (unpaired) electrons. The zero-order valence-corrected chi connectivity index (χ0v) is 14.1. The van der Waals surface area contributed by atoms with E-state index in [1.165, 1.54) is 0 Å².